The maximum Gasteiger partial charge on any atom is 0.288 e. The Morgan fingerprint density at radius 1 is 1.00 bits per heavy atom. The molecular formula is C19H19F2NO3S2. The number of hydrogen-bond donors (Lipinski definition) is 1. The molecule has 3 rings (SSSR count). The van der Waals surface area contributed by atoms with Crippen LogP contribution in [-0.4, -0.2) is 30.1 Å². The number of nitrogens with one attached hydrogen (secondary N) is 1. The van der Waals surface area contributed by atoms with Gasteiger partial charge < -0.3 is 14.8 Å². The van der Waals surface area contributed by atoms with E-state index in [1.54, 1.807) is 24.3 Å². The molecule has 0 saturated carbocycles. The van der Waals surface area contributed by atoms with Gasteiger partial charge in [-0.2, -0.15) is 8.78 Å². The average Bonchev–Trinajstić information content (AvgIpc) is 2.87. The monoisotopic (exact) mass is 411 g/mol. The molecule has 1 heterocycles. The zero-order valence-electron chi connectivity index (χ0n) is 14.6. The largest absolute Gasteiger partial charge is 0.490 e. The minimum atomic E-state index is -2.46. The second-order valence-corrected chi connectivity index (χ2v) is 8.29. The molecule has 0 fully saturated rings. The third-order valence-corrected chi connectivity index (χ3v) is 5.56. The lowest BCUT2D eigenvalue weighted by Gasteiger charge is -2.14. The molecule has 1 atom stereocenters. The van der Waals surface area contributed by atoms with Crippen molar-refractivity contribution in [3.05, 3.63) is 42.5 Å². The molecule has 0 radical (unpaired) electrons. The van der Waals surface area contributed by atoms with Crippen LogP contribution in [0.3, 0.4) is 0 Å². The van der Waals surface area contributed by atoms with Crippen LogP contribution in [0.25, 0.3) is 0 Å². The van der Waals surface area contributed by atoms with Crippen molar-refractivity contribution in [2.24, 2.45) is 0 Å². The van der Waals surface area contributed by atoms with Gasteiger partial charge in [-0.1, -0.05) is 11.8 Å². The summed E-state index contributed by atoms with van der Waals surface area (Å²) in [5.74, 6) is -1.22. The maximum absolute atomic E-state index is 12.4. The summed E-state index contributed by atoms with van der Waals surface area (Å²) >= 11 is 1.89. The first-order chi connectivity index (χ1) is 13.0. The van der Waals surface area contributed by atoms with Crippen LogP contribution in [0.15, 0.2) is 52.3 Å². The van der Waals surface area contributed by atoms with Crippen LogP contribution in [0, 0.1) is 0 Å². The second kappa shape index (κ2) is 9.32. The molecule has 1 aliphatic rings. The Morgan fingerprint density at radius 3 is 2.37 bits per heavy atom. The topological polar surface area (TPSA) is 47.6 Å². The first-order valence-electron chi connectivity index (χ1n) is 8.43. The van der Waals surface area contributed by atoms with Crippen LogP contribution < -0.4 is 14.8 Å². The number of carbonyl (C=O) groups excluding carboxylic acids is 1. The number of thioether (sulfide) groups is 2. The van der Waals surface area contributed by atoms with Crippen LogP contribution in [-0.2, 0) is 4.79 Å². The van der Waals surface area contributed by atoms with Crippen LogP contribution in [0.4, 0.5) is 14.5 Å². The third-order valence-electron chi connectivity index (χ3n) is 3.75. The molecule has 2 aromatic rings. The fraction of sp³-hybridized carbons (Fsp3) is 0.316. The molecule has 0 unspecified atom stereocenters. The number of anilines is 1. The highest BCUT2D eigenvalue weighted by Crippen LogP contribution is 2.35. The molecule has 0 aromatic heterocycles. The minimum Gasteiger partial charge on any atom is -0.490 e. The van der Waals surface area contributed by atoms with Gasteiger partial charge >= 0.3 is 0 Å². The van der Waals surface area contributed by atoms with Crippen LogP contribution in [0.5, 0.6) is 11.5 Å². The highest BCUT2D eigenvalue weighted by atomic mass is 32.2. The summed E-state index contributed by atoms with van der Waals surface area (Å²) in [4.78, 5) is 13.8. The molecule has 4 nitrogen and oxygen atoms in total. The van der Waals surface area contributed by atoms with E-state index in [-0.39, 0.29) is 11.2 Å². The molecular weight excluding hydrogens is 392 g/mol. The number of amides is 1. The van der Waals surface area contributed by atoms with E-state index in [0.29, 0.717) is 41.3 Å². The lowest BCUT2D eigenvalue weighted by Crippen LogP contribution is -2.22. The number of carbonyl (C=O) groups is 1. The fourth-order valence-electron chi connectivity index (χ4n) is 2.44. The van der Waals surface area contributed by atoms with E-state index in [0.717, 1.165) is 17.1 Å². The lowest BCUT2D eigenvalue weighted by molar-refractivity contribution is -0.115. The summed E-state index contributed by atoms with van der Waals surface area (Å²) in [6, 6.07) is 12.0. The summed E-state index contributed by atoms with van der Waals surface area (Å²) < 4.78 is 36.0. The van der Waals surface area contributed by atoms with Crippen molar-refractivity contribution in [3.8, 4) is 11.5 Å². The van der Waals surface area contributed by atoms with E-state index in [9.17, 15) is 13.6 Å². The number of ether oxygens (including phenoxy) is 2. The predicted octanol–water partition coefficient (Wildman–Crippen LogP) is 5.28. The van der Waals surface area contributed by atoms with Crippen molar-refractivity contribution in [1.82, 2.24) is 0 Å². The standard InChI is InChI=1S/C19H19F2NO3S2/c1-12(18(23)22-13-3-5-14(6-4-13)27-19(20)21)26-15-7-8-16-17(11-15)25-10-2-9-24-16/h3-8,11-12,19H,2,9-10H2,1H3,(H,22,23)/t12-/m0/s1. The number of benzene rings is 2. The Balaban J connectivity index is 1.58. The smallest absolute Gasteiger partial charge is 0.288 e. The van der Waals surface area contributed by atoms with Gasteiger partial charge in [-0.25, -0.2) is 0 Å². The van der Waals surface area contributed by atoms with Crippen LogP contribution in [0.1, 0.15) is 13.3 Å². The lowest BCUT2D eigenvalue weighted by atomic mass is 10.3. The molecule has 0 saturated heterocycles. The molecule has 27 heavy (non-hydrogen) atoms. The summed E-state index contributed by atoms with van der Waals surface area (Å²) in [6.07, 6.45) is 0.838. The molecule has 1 N–H and O–H groups in total. The first kappa shape index (κ1) is 19.8. The van der Waals surface area contributed by atoms with Crippen molar-refractivity contribution in [3.63, 3.8) is 0 Å². The molecule has 2 aromatic carbocycles. The first-order valence-corrected chi connectivity index (χ1v) is 10.2. The van der Waals surface area contributed by atoms with Gasteiger partial charge in [-0.3, -0.25) is 4.79 Å². The highest BCUT2D eigenvalue weighted by Gasteiger charge is 2.17. The molecule has 8 heteroatoms. The summed E-state index contributed by atoms with van der Waals surface area (Å²) in [7, 11) is 0. The number of rotatable bonds is 6. The molecule has 0 aliphatic carbocycles. The van der Waals surface area contributed by atoms with E-state index in [4.69, 9.17) is 9.47 Å². The normalized spacial score (nSPS) is 14.5. The van der Waals surface area contributed by atoms with Crippen molar-refractivity contribution >= 4 is 35.1 Å². The van der Waals surface area contributed by atoms with Crippen molar-refractivity contribution < 1.29 is 23.0 Å². The van der Waals surface area contributed by atoms with Gasteiger partial charge in [0, 0.05) is 21.9 Å². The van der Waals surface area contributed by atoms with E-state index in [1.165, 1.54) is 11.8 Å². The van der Waals surface area contributed by atoms with Crippen molar-refractivity contribution in [1.29, 1.82) is 0 Å². The Labute approximate surface area is 165 Å². The fourth-order valence-corrected chi connectivity index (χ4v) is 3.83. The molecule has 1 aliphatic heterocycles. The van der Waals surface area contributed by atoms with Crippen molar-refractivity contribution in [2.45, 2.75) is 34.1 Å². The van der Waals surface area contributed by atoms with E-state index < -0.39 is 5.76 Å². The maximum atomic E-state index is 12.4. The molecule has 0 bridgehead atoms. The van der Waals surface area contributed by atoms with Gasteiger partial charge in [-0.05, 0) is 49.4 Å². The average molecular weight is 411 g/mol. The second-order valence-electron chi connectivity index (χ2n) is 5.81. The Hall–Kier alpha value is -1.93. The third kappa shape index (κ3) is 5.77. The van der Waals surface area contributed by atoms with E-state index >= 15 is 0 Å². The van der Waals surface area contributed by atoms with Gasteiger partial charge in [0.2, 0.25) is 5.91 Å². The summed E-state index contributed by atoms with van der Waals surface area (Å²) in [5, 5.41) is 2.46. The van der Waals surface area contributed by atoms with Crippen LogP contribution in [0.2, 0.25) is 0 Å². The number of fused-ring (bicyclic) bond motifs is 1. The van der Waals surface area contributed by atoms with E-state index in [1.807, 2.05) is 25.1 Å². The zero-order valence-corrected chi connectivity index (χ0v) is 16.2. The Bertz CT molecular complexity index is 787. The van der Waals surface area contributed by atoms with Gasteiger partial charge in [0.25, 0.3) is 5.76 Å². The predicted molar refractivity (Wildman–Crippen MR) is 104 cm³/mol. The van der Waals surface area contributed by atoms with Gasteiger partial charge in [0.15, 0.2) is 11.5 Å². The van der Waals surface area contributed by atoms with Gasteiger partial charge in [0.05, 0.1) is 18.5 Å². The summed E-state index contributed by atoms with van der Waals surface area (Å²) in [5.41, 5.74) is 0.574. The number of alkyl halides is 2. The Morgan fingerprint density at radius 2 is 1.67 bits per heavy atom. The number of halogens is 2. The molecule has 0 spiro atoms. The van der Waals surface area contributed by atoms with Gasteiger partial charge in [0.1, 0.15) is 0 Å². The zero-order chi connectivity index (χ0) is 19.2. The molecule has 144 valence electrons. The molecule has 1 amide bonds. The minimum absolute atomic E-state index is 0.165. The number of hydrogen-bond acceptors (Lipinski definition) is 5. The van der Waals surface area contributed by atoms with Crippen LogP contribution >= 0.6 is 23.5 Å². The summed E-state index contributed by atoms with van der Waals surface area (Å²) in [6.45, 7) is 3.05. The Kier molecular flexibility index (Phi) is 6.84. The highest BCUT2D eigenvalue weighted by molar-refractivity contribution is 8.00. The van der Waals surface area contributed by atoms with Crippen molar-refractivity contribution in [2.75, 3.05) is 18.5 Å². The van der Waals surface area contributed by atoms with E-state index in [2.05, 4.69) is 5.32 Å². The SMILES string of the molecule is C[C@H](Sc1ccc2c(c1)OCCCO2)C(=O)Nc1ccc(SC(F)F)cc1. The van der Waals surface area contributed by atoms with Gasteiger partial charge in [-0.15, -0.1) is 11.8 Å². The quantitative estimate of drug-likeness (QED) is 0.655.